The molecule has 6 rings (SSSR count). The maximum atomic E-state index is 5.86. The van der Waals surface area contributed by atoms with Crippen molar-refractivity contribution < 1.29 is 9.47 Å². The molecule has 1 fully saturated rings. The molecule has 0 aliphatic carbocycles. The molecule has 1 N–H and O–H groups in total. The number of ether oxygens (including phenoxy) is 2. The summed E-state index contributed by atoms with van der Waals surface area (Å²) >= 11 is 0. The standard InChI is InChI=1S/C31H32N6O2/c1-2-3-14-29-32-28(31-38-17-9-18-39-31)21-37(29)20-22-15-16-25(27(19-22)23-10-5-4-6-11-23)24-12-7-8-13-26(24)30-33-35-36-34-30/h4-8,10-13,15-16,19,21,31H,2-3,9,14,17-18,20H2,1H3,(H,33,34,35,36). The highest BCUT2D eigenvalue weighted by Crippen LogP contribution is 2.38. The van der Waals surface area contributed by atoms with Crippen molar-refractivity contribution in [2.24, 2.45) is 0 Å². The average molecular weight is 521 g/mol. The van der Waals surface area contributed by atoms with Gasteiger partial charge in [0, 0.05) is 24.7 Å². The summed E-state index contributed by atoms with van der Waals surface area (Å²) in [7, 11) is 0. The number of unbranched alkanes of at least 4 members (excludes halogenated alkanes) is 1. The Bertz CT molecular complexity index is 1510. The topological polar surface area (TPSA) is 90.7 Å². The van der Waals surface area contributed by atoms with Gasteiger partial charge in [-0.05, 0) is 57.2 Å². The van der Waals surface area contributed by atoms with Crippen molar-refractivity contribution in [2.45, 2.75) is 45.4 Å². The number of nitrogens with zero attached hydrogens (tertiary/aromatic N) is 5. The molecule has 0 radical (unpaired) electrons. The molecule has 198 valence electrons. The number of aromatic amines is 1. The number of rotatable bonds is 9. The van der Waals surface area contributed by atoms with Gasteiger partial charge in [-0.1, -0.05) is 80.1 Å². The quantitative estimate of drug-likeness (QED) is 0.248. The number of nitrogens with one attached hydrogen (secondary N) is 1. The average Bonchev–Trinajstić information content (AvgIpc) is 3.68. The van der Waals surface area contributed by atoms with Crippen molar-refractivity contribution in [1.29, 1.82) is 0 Å². The molecule has 3 heterocycles. The highest BCUT2D eigenvalue weighted by Gasteiger charge is 2.22. The monoisotopic (exact) mass is 520 g/mol. The first kappa shape index (κ1) is 25.2. The Hall–Kier alpha value is -4.14. The SMILES string of the molecule is CCCCc1nc(C2OCCCO2)cn1Cc1ccc(-c2ccccc2-c2nnn[nH]2)c(-c2ccccc2)c1. The van der Waals surface area contributed by atoms with Crippen LogP contribution in [-0.4, -0.2) is 43.4 Å². The lowest BCUT2D eigenvalue weighted by Crippen LogP contribution is -2.18. The third-order valence-electron chi connectivity index (χ3n) is 7.04. The van der Waals surface area contributed by atoms with Gasteiger partial charge in [-0.3, -0.25) is 0 Å². The summed E-state index contributed by atoms with van der Waals surface area (Å²) in [6, 6.07) is 25.4. The molecule has 1 saturated heterocycles. The smallest absolute Gasteiger partial charge is 0.202 e. The molecule has 0 spiro atoms. The van der Waals surface area contributed by atoms with Crippen LogP contribution in [-0.2, 0) is 22.4 Å². The van der Waals surface area contributed by atoms with Gasteiger partial charge in [-0.15, -0.1) is 5.10 Å². The van der Waals surface area contributed by atoms with Crippen LogP contribution in [0.4, 0.5) is 0 Å². The van der Waals surface area contributed by atoms with Crippen molar-refractivity contribution in [2.75, 3.05) is 13.2 Å². The van der Waals surface area contributed by atoms with E-state index in [9.17, 15) is 0 Å². The molecule has 5 aromatic rings. The largest absolute Gasteiger partial charge is 0.347 e. The van der Waals surface area contributed by atoms with E-state index in [2.05, 4.69) is 86.8 Å². The zero-order valence-corrected chi connectivity index (χ0v) is 22.1. The Labute approximate surface area is 228 Å². The van der Waals surface area contributed by atoms with E-state index < -0.39 is 0 Å². The van der Waals surface area contributed by atoms with Gasteiger partial charge in [0.05, 0.1) is 13.2 Å². The lowest BCUT2D eigenvalue weighted by molar-refractivity contribution is -0.184. The maximum absolute atomic E-state index is 5.86. The molecule has 1 aliphatic rings. The van der Waals surface area contributed by atoms with Crippen molar-refractivity contribution in [3.63, 3.8) is 0 Å². The Balaban J connectivity index is 1.40. The van der Waals surface area contributed by atoms with E-state index in [1.165, 1.54) is 5.56 Å². The summed E-state index contributed by atoms with van der Waals surface area (Å²) in [5, 5.41) is 14.7. The van der Waals surface area contributed by atoms with Gasteiger partial charge >= 0.3 is 0 Å². The Morgan fingerprint density at radius 1 is 0.897 bits per heavy atom. The van der Waals surface area contributed by atoms with Crippen LogP contribution in [0.3, 0.4) is 0 Å². The molecule has 0 atom stereocenters. The van der Waals surface area contributed by atoms with E-state index in [0.717, 1.165) is 65.0 Å². The first-order chi connectivity index (χ1) is 19.3. The summed E-state index contributed by atoms with van der Waals surface area (Å²) in [5.74, 6) is 1.71. The molecular weight excluding hydrogens is 488 g/mol. The van der Waals surface area contributed by atoms with E-state index in [1.807, 2.05) is 24.3 Å². The van der Waals surface area contributed by atoms with Crippen molar-refractivity contribution in [1.82, 2.24) is 30.2 Å². The Morgan fingerprint density at radius 3 is 2.44 bits per heavy atom. The second kappa shape index (κ2) is 11.7. The number of aryl methyl sites for hydroxylation is 1. The van der Waals surface area contributed by atoms with Crippen LogP contribution in [0.5, 0.6) is 0 Å². The Morgan fingerprint density at radius 2 is 1.67 bits per heavy atom. The number of aromatic nitrogens is 6. The molecule has 0 unspecified atom stereocenters. The summed E-state index contributed by atoms with van der Waals surface area (Å²) in [6.07, 6.45) is 5.76. The summed E-state index contributed by atoms with van der Waals surface area (Å²) < 4.78 is 14.0. The van der Waals surface area contributed by atoms with Crippen molar-refractivity contribution in [3.8, 4) is 33.6 Å². The van der Waals surface area contributed by atoms with Gasteiger partial charge in [0.25, 0.3) is 0 Å². The highest BCUT2D eigenvalue weighted by atomic mass is 16.7. The summed E-state index contributed by atoms with van der Waals surface area (Å²) in [4.78, 5) is 4.94. The van der Waals surface area contributed by atoms with Crippen LogP contribution in [0.25, 0.3) is 33.6 Å². The van der Waals surface area contributed by atoms with E-state index in [4.69, 9.17) is 14.5 Å². The minimum Gasteiger partial charge on any atom is -0.347 e. The molecule has 0 saturated carbocycles. The zero-order valence-electron chi connectivity index (χ0n) is 22.1. The first-order valence-electron chi connectivity index (χ1n) is 13.6. The second-order valence-corrected chi connectivity index (χ2v) is 9.78. The predicted octanol–water partition coefficient (Wildman–Crippen LogP) is 6.22. The number of hydrogen-bond donors (Lipinski definition) is 1. The molecule has 0 bridgehead atoms. The van der Waals surface area contributed by atoms with Gasteiger partial charge in [0.15, 0.2) is 5.82 Å². The fourth-order valence-electron chi connectivity index (χ4n) is 5.10. The zero-order chi connectivity index (χ0) is 26.4. The van der Waals surface area contributed by atoms with Crippen LogP contribution in [0.1, 0.15) is 49.6 Å². The number of imidazole rings is 1. The summed E-state index contributed by atoms with van der Waals surface area (Å²) in [6.45, 7) is 4.33. The molecular formula is C31H32N6O2. The fraction of sp³-hybridized carbons (Fsp3) is 0.290. The minimum absolute atomic E-state index is 0.385. The predicted molar refractivity (Wildman–Crippen MR) is 150 cm³/mol. The van der Waals surface area contributed by atoms with Crippen LogP contribution in [0.2, 0.25) is 0 Å². The maximum Gasteiger partial charge on any atom is 0.202 e. The van der Waals surface area contributed by atoms with E-state index in [0.29, 0.717) is 25.6 Å². The van der Waals surface area contributed by atoms with Crippen LogP contribution < -0.4 is 0 Å². The third kappa shape index (κ3) is 5.53. The van der Waals surface area contributed by atoms with E-state index in [-0.39, 0.29) is 6.29 Å². The highest BCUT2D eigenvalue weighted by molar-refractivity contribution is 5.90. The Kier molecular flexibility index (Phi) is 7.56. The van der Waals surface area contributed by atoms with E-state index >= 15 is 0 Å². The van der Waals surface area contributed by atoms with Gasteiger partial charge in [0.1, 0.15) is 11.5 Å². The van der Waals surface area contributed by atoms with Crippen molar-refractivity contribution in [3.05, 3.63) is 96.1 Å². The van der Waals surface area contributed by atoms with Gasteiger partial charge in [-0.2, -0.15) is 0 Å². The molecule has 1 aliphatic heterocycles. The number of H-pyrrole nitrogens is 1. The fourth-order valence-corrected chi connectivity index (χ4v) is 5.10. The molecule has 39 heavy (non-hydrogen) atoms. The molecule has 2 aromatic heterocycles. The van der Waals surface area contributed by atoms with Crippen LogP contribution >= 0.6 is 0 Å². The number of benzene rings is 3. The lowest BCUT2D eigenvalue weighted by atomic mass is 9.90. The number of tetrazole rings is 1. The normalized spacial score (nSPS) is 14.1. The molecule has 0 amide bonds. The van der Waals surface area contributed by atoms with E-state index in [1.54, 1.807) is 0 Å². The van der Waals surface area contributed by atoms with Gasteiger partial charge in [0.2, 0.25) is 6.29 Å². The second-order valence-electron chi connectivity index (χ2n) is 9.78. The molecule has 8 heteroatoms. The van der Waals surface area contributed by atoms with Crippen molar-refractivity contribution >= 4 is 0 Å². The number of hydrogen-bond acceptors (Lipinski definition) is 6. The van der Waals surface area contributed by atoms with Gasteiger partial charge in [-0.25, -0.2) is 10.1 Å². The van der Waals surface area contributed by atoms with Crippen LogP contribution in [0, 0.1) is 0 Å². The molecule has 3 aromatic carbocycles. The lowest BCUT2D eigenvalue weighted by Gasteiger charge is -2.21. The molecule has 8 nitrogen and oxygen atoms in total. The first-order valence-corrected chi connectivity index (χ1v) is 13.6. The minimum atomic E-state index is -0.385. The van der Waals surface area contributed by atoms with Gasteiger partial charge < -0.3 is 14.0 Å². The summed E-state index contributed by atoms with van der Waals surface area (Å²) in [5.41, 5.74) is 7.52. The third-order valence-corrected chi connectivity index (χ3v) is 7.04. The van der Waals surface area contributed by atoms with Crippen LogP contribution in [0.15, 0.2) is 79.0 Å².